The second kappa shape index (κ2) is 6.65. The molecule has 2 aromatic heterocycles. The van der Waals surface area contributed by atoms with Gasteiger partial charge in [-0.05, 0) is 33.7 Å². The van der Waals surface area contributed by atoms with Gasteiger partial charge in [0.25, 0.3) is 0 Å². The molecule has 1 atom stereocenters. The van der Waals surface area contributed by atoms with E-state index >= 15 is 0 Å². The molecule has 0 aromatic carbocycles. The smallest absolute Gasteiger partial charge is 0.148 e. The Morgan fingerprint density at radius 1 is 1.25 bits per heavy atom. The van der Waals surface area contributed by atoms with E-state index in [2.05, 4.69) is 54.4 Å². The van der Waals surface area contributed by atoms with Crippen LogP contribution in [0.2, 0.25) is 0 Å². The summed E-state index contributed by atoms with van der Waals surface area (Å²) in [5, 5.41) is 12.1. The summed E-state index contributed by atoms with van der Waals surface area (Å²) in [5.74, 6) is 0.934. The van der Waals surface area contributed by atoms with Crippen molar-refractivity contribution in [3.63, 3.8) is 0 Å². The van der Waals surface area contributed by atoms with Crippen molar-refractivity contribution in [2.24, 2.45) is 0 Å². The zero-order valence-corrected chi connectivity index (χ0v) is 12.7. The van der Waals surface area contributed by atoms with E-state index in [1.54, 1.807) is 6.33 Å². The Morgan fingerprint density at radius 3 is 2.75 bits per heavy atom. The molecule has 110 valence electrons. The van der Waals surface area contributed by atoms with Crippen molar-refractivity contribution in [2.45, 2.75) is 52.7 Å². The highest BCUT2D eigenvalue weighted by atomic mass is 15.4. The number of hydrogen-bond donors (Lipinski definition) is 1. The van der Waals surface area contributed by atoms with Gasteiger partial charge in [0.05, 0.1) is 6.20 Å². The maximum Gasteiger partial charge on any atom is 0.148 e. The van der Waals surface area contributed by atoms with Crippen molar-refractivity contribution in [3.05, 3.63) is 30.1 Å². The molecule has 0 aliphatic rings. The second-order valence-corrected chi connectivity index (χ2v) is 5.36. The van der Waals surface area contributed by atoms with E-state index in [9.17, 15) is 0 Å². The molecule has 2 rings (SSSR count). The molecule has 6 heteroatoms. The Kier molecular flexibility index (Phi) is 4.89. The van der Waals surface area contributed by atoms with Gasteiger partial charge in [-0.1, -0.05) is 6.92 Å². The zero-order valence-electron chi connectivity index (χ0n) is 12.7. The van der Waals surface area contributed by atoms with Crippen molar-refractivity contribution in [3.8, 4) is 0 Å². The molecule has 0 radical (unpaired) electrons. The quantitative estimate of drug-likeness (QED) is 0.842. The van der Waals surface area contributed by atoms with Crippen LogP contribution >= 0.6 is 0 Å². The monoisotopic (exact) mass is 276 g/mol. The van der Waals surface area contributed by atoms with Gasteiger partial charge in [-0.2, -0.15) is 10.2 Å². The Labute approximate surface area is 120 Å². The van der Waals surface area contributed by atoms with Crippen LogP contribution < -0.4 is 5.32 Å². The number of nitrogens with one attached hydrogen (secondary N) is 1. The van der Waals surface area contributed by atoms with Gasteiger partial charge in [0.15, 0.2) is 0 Å². The number of hydrogen-bond acceptors (Lipinski definition) is 4. The molecular weight excluding hydrogens is 252 g/mol. The van der Waals surface area contributed by atoms with E-state index in [1.165, 1.54) is 5.56 Å². The van der Waals surface area contributed by atoms with Gasteiger partial charge in [0.2, 0.25) is 0 Å². The molecule has 2 aromatic rings. The predicted molar refractivity (Wildman–Crippen MR) is 78.4 cm³/mol. The minimum atomic E-state index is 0.313. The van der Waals surface area contributed by atoms with E-state index in [0.717, 1.165) is 18.8 Å². The highest BCUT2D eigenvalue weighted by molar-refractivity contribution is 5.09. The molecule has 0 saturated carbocycles. The molecule has 20 heavy (non-hydrogen) atoms. The van der Waals surface area contributed by atoms with Gasteiger partial charge in [0.1, 0.15) is 18.7 Å². The van der Waals surface area contributed by atoms with Crippen LogP contribution in [0.1, 0.15) is 57.6 Å². The summed E-state index contributed by atoms with van der Waals surface area (Å²) in [4.78, 5) is 4.31. The Hall–Kier alpha value is -1.69. The highest BCUT2D eigenvalue weighted by Crippen LogP contribution is 2.12. The number of nitrogens with zero attached hydrogens (tertiary/aromatic N) is 5. The molecule has 2 heterocycles. The van der Waals surface area contributed by atoms with Crippen LogP contribution in [0.15, 0.2) is 18.7 Å². The van der Waals surface area contributed by atoms with Gasteiger partial charge >= 0.3 is 0 Å². The van der Waals surface area contributed by atoms with E-state index in [4.69, 9.17) is 0 Å². The molecule has 0 amide bonds. The molecule has 1 N–H and O–H groups in total. The summed E-state index contributed by atoms with van der Waals surface area (Å²) in [7, 11) is 0. The normalized spacial score (nSPS) is 13.1. The number of aromatic nitrogens is 5. The van der Waals surface area contributed by atoms with Crippen LogP contribution in [0.4, 0.5) is 0 Å². The van der Waals surface area contributed by atoms with E-state index in [0.29, 0.717) is 18.6 Å². The molecule has 0 fully saturated rings. The second-order valence-electron chi connectivity index (χ2n) is 5.36. The molecule has 0 aliphatic carbocycles. The summed E-state index contributed by atoms with van der Waals surface area (Å²) in [5.41, 5.74) is 1.20. The highest BCUT2D eigenvalue weighted by Gasteiger charge is 2.11. The van der Waals surface area contributed by atoms with Gasteiger partial charge in [-0.15, -0.1) is 0 Å². The molecular formula is C14H24N6. The fraction of sp³-hybridized carbons (Fsp3) is 0.643. The third kappa shape index (κ3) is 3.45. The zero-order chi connectivity index (χ0) is 14.5. The van der Waals surface area contributed by atoms with Crippen molar-refractivity contribution in [1.82, 2.24) is 29.9 Å². The third-order valence-electron chi connectivity index (χ3n) is 3.29. The summed E-state index contributed by atoms with van der Waals surface area (Å²) >= 11 is 0. The van der Waals surface area contributed by atoms with Gasteiger partial charge in [-0.25, -0.2) is 9.67 Å². The third-order valence-corrected chi connectivity index (χ3v) is 3.29. The summed E-state index contributed by atoms with van der Waals surface area (Å²) < 4.78 is 3.85. The lowest BCUT2D eigenvalue weighted by Gasteiger charge is -2.11. The van der Waals surface area contributed by atoms with Crippen LogP contribution in [0.3, 0.4) is 0 Å². The maximum atomic E-state index is 4.42. The van der Waals surface area contributed by atoms with Crippen molar-refractivity contribution < 1.29 is 0 Å². The predicted octanol–water partition coefficient (Wildman–Crippen LogP) is 2.16. The fourth-order valence-electron chi connectivity index (χ4n) is 2.13. The average Bonchev–Trinajstić information content (AvgIpc) is 3.05. The first-order valence-electron chi connectivity index (χ1n) is 7.26. The van der Waals surface area contributed by atoms with E-state index in [-0.39, 0.29) is 0 Å². The van der Waals surface area contributed by atoms with E-state index < -0.39 is 0 Å². The topological polar surface area (TPSA) is 60.6 Å². The first-order chi connectivity index (χ1) is 9.61. The van der Waals surface area contributed by atoms with Crippen LogP contribution in [0, 0.1) is 0 Å². The minimum Gasteiger partial charge on any atom is -0.310 e. The van der Waals surface area contributed by atoms with Gasteiger partial charge < -0.3 is 5.32 Å². The first-order valence-corrected chi connectivity index (χ1v) is 7.26. The fourth-order valence-corrected chi connectivity index (χ4v) is 2.13. The molecule has 1 unspecified atom stereocenters. The van der Waals surface area contributed by atoms with Gasteiger partial charge in [0, 0.05) is 23.8 Å². The molecule has 0 aliphatic heterocycles. The standard InChI is InChI=1S/C14H24N6/c1-5-6-15-12(4)13-7-17-19(8-13)9-14-16-10-18-20(14)11(2)3/h7-8,10-12,15H,5-6,9H2,1-4H3. The van der Waals surface area contributed by atoms with E-state index in [1.807, 2.05) is 15.6 Å². The molecule has 6 nitrogen and oxygen atoms in total. The molecule has 0 spiro atoms. The lowest BCUT2D eigenvalue weighted by atomic mass is 10.2. The van der Waals surface area contributed by atoms with Gasteiger partial charge in [-0.3, -0.25) is 4.68 Å². The minimum absolute atomic E-state index is 0.313. The van der Waals surface area contributed by atoms with Crippen LogP contribution in [0.5, 0.6) is 0 Å². The lowest BCUT2D eigenvalue weighted by molar-refractivity contribution is 0.487. The Morgan fingerprint density at radius 2 is 2.05 bits per heavy atom. The summed E-state index contributed by atoms with van der Waals surface area (Å²) in [6, 6.07) is 0.638. The summed E-state index contributed by atoms with van der Waals surface area (Å²) in [6.07, 6.45) is 6.73. The largest absolute Gasteiger partial charge is 0.310 e. The Bertz CT molecular complexity index is 527. The van der Waals surface area contributed by atoms with Crippen LogP contribution in [-0.2, 0) is 6.54 Å². The Balaban J connectivity index is 2.04. The maximum absolute atomic E-state index is 4.42. The molecule has 0 saturated heterocycles. The lowest BCUT2D eigenvalue weighted by Crippen LogP contribution is -2.18. The van der Waals surface area contributed by atoms with Crippen LogP contribution in [-0.4, -0.2) is 31.1 Å². The first kappa shape index (κ1) is 14.7. The van der Waals surface area contributed by atoms with Crippen molar-refractivity contribution in [1.29, 1.82) is 0 Å². The summed E-state index contributed by atoms with van der Waals surface area (Å²) in [6.45, 7) is 10.2. The molecule has 0 bridgehead atoms. The SMILES string of the molecule is CCCNC(C)c1cnn(Cc2ncnn2C(C)C)c1. The van der Waals surface area contributed by atoms with Crippen molar-refractivity contribution in [2.75, 3.05) is 6.54 Å². The van der Waals surface area contributed by atoms with Crippen molar-refractivity contribution >= 4 is 0 Å². The van der Waals surface area contributed by atoms with Crippen LogP contribution in [0.25, 0.3) is 0 Å². The number of rotatable bonds is 7. The average molecular weight is 276 g/mol.